The lowest BCUT2D eigenvalue weighted by atomic mass is 9.76. The van der Waals surface area contributed by atoms with Crippen LogP contribution in [0.25, 0.3) is 0 Å². The van der Waals surface area contributed by atoms with Crippen LogP contribution in [-0.2, 0) is 6.54 Å². The molecule has 0 amide bonds. The second kappa shape index (κ2) is 6.89. The van der Waals surface area contributed by atoms with E-state index < -0.39 is 0 Å². The summed E-state index contributed by atoms with van der Waals surface area (Å²) in [5.41, 5.74) is 1.30. The van der Waals surface area contributed by atoms with Gasteiger partial charge in [0.25, 0.3) is 5.69 Å². The van der Waals surface area contributed by atoms with Gasteiger partial charge >= 0.3 is 0 Å². The zero-order chi connectivity index (χ0) is 15.3. The van der Waals surface area contributed by atoms with Crippen molar-refractivity contribution in [1.82, 2.24) is 5.32 Å². The summed E-state index contributed by atoms with van der Waals surface area (Å²) in [5.74, 6) is 0.696. The molecule has 0 heterocycles. The van der Waals surface area contributed by atoms with Crippen LogP contribution in [0, 0.1) is 15.5 Å². The normalized spacial score (nSPS) is 17.4. The third-order valence-electron chi connectivity index (χ3n) is 4.40. The van der Waals surface area contributed by atoms with Crippen LogP contribution >= 0.6 is 0 Å². The summed E-state index contributed by atoms with van der Waals surface area (Å²) in [6, 6.07) is 4.73. The van der Waals surface area contributed by atoms with Gasteiger partial charge in [0.05, 0.1) is 12.0 Å². The Bertz CT molecular complexity index is 496. The lowest BCUT2D eigenvalue weighted by Gasteiger charge is -2.33. The first-order valence-electron chi connectivity index (χ1n) is 7.56. The highest BCUT2D eigenvalue weighted by Gasteiger charge is 2.26. The van der Waals surface area contributed by atoms with E-state index >= 15 is 0 Å². The number of nitro benzene ring substituents is 1. The van der Waals surface area contributed by atoms with Gasteiger partial charge in [-0.1, -0.05) is 26.2 Å². The quantitative estimate of drug-likeness (QED) is 0.642. The van der Waals surface area contributed by atoms with Crippen molar-refractivity contribution in [3.8, 4) is 5.75 Å². The Morgan fingerprint density at radius 3 is 2.67 bits per heavy atom. The minimum absolute atomic E-state index is 0.108. The predicted molar refractivity (Wildman–Crippen MR) is 82.5 cm³/mol. The molecule has 0 aromatic heterocycles. The first-order chi connectivity index (χ1) is 10.0. The number of non-ortho nitro benzene ring substituents is 1. The first kappa shape index (κ1) is 15.8. The van der Waals surface area contributed by atoms with Crippen molar-refractivity contribution in [1.29, 1.82) is 0 Å². The maximum Gasteiger partial charge on any atom is 0.270 e. The largest absolute Gasteiger partial charge is 0.496 e. The summed E-state index contributed by atoms with van der Waals surface area (Å²) < 4.78 is 5.29. The zero-order valence-electron chi connectivity index (χ0n) is 12.9. The summed E-state index contributed by atoms with van der Waals surface area (Å²) in [7, 11) is 1.59. The minimum Gasteiger partial charge on any atom is -0.496 e. The number of ether oxygens (including phenoxy) is 1. The molecule has 2 rings (SSSR count). The Morgan fingerprint density at radius 1 is 1.33 bits per heavy atom. The molecular formula is C16H24N2O3. The van der Waals surface area contributed by atoms with Gasteiger partial charge < -0.3 is 10.1 Å². The fourth-order valence-electron chi connectivity index (χ4n) is 3.10. The van der Waals surface area contributed by atoms with Crippen LogP contribution in [0.2, 0.25) is 0 Å². The zero-order valence-corrected chi connectivity index (χ0v) is 12.9. The lowest BCUT2D eigenvalue weighted by molar-refractivity contribution is -0.384. The average Bonchev–Trinajstić information content (AvgIpc) is 2.47. The van der Waals surface area contributed by atoms with Gasteiger partial charge in [-0.25, -0.2) is 0 Å². The first-order valence-corrected chi connectivity index (χ1v) is 7.56. The molecule has 0 radical (unpaired) electrons. The van der Waals surface area contributed by atoms with E-state index in [0.29, 0.717) is 17.7 Å². The highest BCUT2D eigenvalue weighted by atomic mass is 16.6. The van der Waals surface area contributed by atoms with Gasteiger partial charge in [0.2, 0.25) is 0 Å². The minimum atomic E-state index is -0.370. The van der Waals surface area contributed by atoms with E-state index in [4.69, 9.17) is 4.74 Å². The van der Waals surface area contributed by atoms with Gasteiger partial charge in [0.1, 0.15) is 5.75 Å². The van der Waals surface area contributed by atoms with E-state index in [1.54, 1.807) is 19.2 Å². The lowest BCUT2D eigenvalue weighted by Crippen LogP contribution is -2.33. The topological polar surface area (TPSA) is 64.4 Å². The van der Waals surface area contributed by atoms with Crippen LogP contribution in [-0.4, -0.2) is 18.6 Å². The Balaban J connectivity index is 1.98. The second-order valence-electron chi connectivity index (χ2n) is 6.23. The van der Waals surface area contributed by atoms with Crippen molar-refractivity contribution in [2.75, 3.05) is 13.7 Å². The van der Waals surface area contributed by atoms with E-state index in [2.05, 4.69) is 12.2 Å². The van der Waals surface area contributed by atoms with Crippen molar-refractivity contribution in [3.63, 3.8) is 0 Å². The SMILES string of the molecule is COc1ccc([N+](=O)[O-])cc1CNCC1(C)CCCCC1. The number of methoxy groups -OCH3 is 1. The smallest absolute Gasteiger partial charge is 0.270 e. The van der Waals surface area contributed by atoms with Gasteiger partial charge in [0.15, 0.2) is 0 Å². The molecule has 0 spiro atoms. The monoisotopic (exact) mass is 292 g/mol. The Morgan fingerprint density at radius 2 is 2.05 bits per heavy atom. The van der Waals surface area contributed by atoms with Crippen LogP contribution in [0.5, 0.6) is 5.75 Å². The number of nitrogens with one attached hydrogen (secondary N) is 1. The molecule has 1 saturated carbocycles. The number of nitrogens with zero attached hydrogens (tertiary/aromatic N) is 1. The molecule has 0 bridgehead atoms. The maximum absolute atomic E-state index is 10.9. The summed E-state index contributed by atoms with van der Waals surface area (Å²) in [4.78, 5) is 10.5. The number of nitro groups is 1. The second-order valence-corrected chi connectivity index (χ2v) is 6.23. The van der Waals surface area contributed by atoms with Crippen molar-refractivity contribution < 1.29 is 9.66 Å². The molecule has 1 aromatic carbocycles. The predicted octanol–water partition coefficient (Wildman–Crippen LogP) is 3.66. The molecule has 1 aliphatic carbocycles. The average molecular weight is 292 g/mol. The number of hydrogen-bond donors (Lipinski definition) is 1. The third-order valence-corrected chi connectivity index (χ3v) is 4.40. The molecule has 116 valence electrons. The molecule has 21 heavy (non-hydrogen) atoms. The van der Waals surface area contributed by atoms with Crippen molar-refractivity contribution in [2.45, 2.75) is 45.6 Å². The van der Waals surface area contributed by atoms with Gasteiger partial charge in [-0.15, -0.1) is 0 Å². The van der Waals surface area contributed by atoms with Crippen molar-refractivity contribution in [3.05, 3.63) is 33.9 Å². The van der Waals surface area contributed by atoms with Crippen LogP contribution in [0.4, 0.5) is 5.69 Å². The van der Waals surface area contributed by atoms with E-state index in [0.717, 1.165) is 12.1 Å². The van der Waals surface area contributed by atoms with Crippen LogP contribution in [0.15, 0.2) is 18.2 Å². The third kappa shape index (κ3) is 4.17. The van der Waals surface area contributed by atoms with E-state index in [9.17, 15) is 10.1 Å². The van der Waals surface area contributed by atoms with Crippen LogP contribution in [0.3, 0.4) is 0 Å². The summed E-state index contributed by atoms with van der Waals surface area (Å²) >= 11 is 0. The van der Waals surface area contributed by atoms with Gasteiger partial charge in [-0.3, -0.25) is 10.1 Å². The van der Waals surface area contributed by atoms with Crippen molar-refractivity contribution in [2.24, 2.45) is 5.41 Å². The highest BCUT2D eigenvalue weighted by molar-refractivity contribution is 5.43. The Kier molecular flexibility index (Phi) is 5.17. The highest BCUT2D eigenvalue weighted by Crippen LogP contribution is 2.35. The molecule has 1 N–H and O–H groups in total. The molecule has 0 aliphatic heterocycles. The standard InChI is InChI=1S/C16H24N2O3/c1-16(8-4-3-5-9-16)12-17-11-13-10-14(18(19)20)6-7-15(13)21-2/h6-7,10,17H,3-5,8-9,11-12H2,1-2H3. The van der Waals surface area contributed by atoms with Gasteiger partial charge in [0, 0.05) is 30.8 Å². The molecule has 1 aromatic rings. The van der Waals surface area contributed by atoms with E-state index in [-0.39, 0.29) is 10.6 Å². The molecule has 0 atom stereocenters. The number of hydrogen-bond acceptors (Lipinski definition) is 4. The number of rotatable bonds is 6. The molecule has 0 saturated heterocycles. The maximum atomic E-state index is 10.9. The molecule has 5 heteroatoms. The summed E-state index contributed by atoms with van der Waals surface area (Å²) in [6.07, 6.45) is 6.46. The Labute approximate surface area is 125 Å². The van der Waals surface area contributed by atoms with Gasteiger partial charge in [-0.2, -0.15) is 0 Å². The Hall–Kier alpha value is -1.62. The summed E-state index contributed by atoms with van der Waals surface area (Å²) in [6.45, 7) is 3.86. The van der Waals surface area contributed by atoms with Gasteiger partial charge in [-0.05, 0) is 24.3 Å². The molecule has 5 nitrogen and oxygen atoms in total. The molecular weight excluding hydrogens is 268 g/mol. The molecule has 0 unspecified atom stereocenters. The van der Waals surface area contributed by atoms with Crippen LogP contribution in [0.1, 0.15) is 44.6 Å². The van der Waals surface area contributed by atoms with Crippen molar-refractivity contribution >= 4 is 5.69 Å². The van der Waals surface area contributed by atoms with Crippen LogP contribution < -0.4 is 10.1 Å². The van der Waals surface area contributed by atoms with E-state index in [1.807, 2.05) is 0 Å². The number of benzene rings is 1. The molecule has 1 aliphatic rings. The summed E-state index contributed by atoms with van der Waals surface area (Å²) in [5, 5.41) is 14.3. The molecule has 1 fully saturated rings. The fourth-order valence-corrected chi connectivity index (χ4v) is 3.10. The fraction of sp³-hybridized carbons (Fsp3) is 0.625. The van der Waals surface area contributed by atoms with E-state index in [1.165, 1.54) is 38.2 Å².